The lowest BCUT2D eigenvalue weighted by atomic mass is 9.98. The van der Waals surface area contributed by atoms with E-state index in [0.717, 1.165) is 42.6 Å². The molecule has 0 aliphatic carbocycles. The number of alkyl halides is 6. The first-order chi connectivity index (χ1) is 12.9. The van der Waals surface area contributed by atoms with E-state index in [9.17, 15) is 31.1 Å². The van der Waals surface area contributed by atoms with Crippen LogP contribution in [0.25, 0.3) is 0 Å². The molecule has 0 saturated heterocycles. The molecule has 1 aromatic heterocycles. The second kappa shape index (κ2) is 8.07. The van der Waals surface area contributed by atoms with Gasteiger partial charge in [0.25, 0.3) is 0 Å². The standard InChI is InChI=1S/C18H17F6N3O/c1-10(2)26-16(28)27-14(11-5-7-12(8-6-11)17(19,20)21)15-13(18(22,23)24)4-3-9-25-15/h3-10,14H,1-2H3,(H2,26,27,28)/t14-/m0/s1. The van der Waals surface area contributed by atoms with Crippen LogP contribution in [-0.2, 0) is 12.4 Å². The number of hydrogen-bond acceptors (Lipinski definition) is 2. The zero-order chi connectivity index (χ0) is 21.1. The van der Waals surface area contributed by atoms with E-state index in [4.69, 9.17) is 0 Å². The number of nitrogens with zero attached hydrogens (tertiary/aromatic N) is 1. The van der Waals surface area contributed by atoms with Crippen molar-refractivity contribution in [2.45, 2.75) is 38.3 Å². The van der Waals surface area contributed by atoms with Crippen molar-refractivity contribution in [1.82, 2.24) is 15.6 Å². The summed E-state index contributed by atoms with van der Waals surface area (Å²) in [5.41, 5.74) is -2.55. The number of pyridine rings is 1. The fourth-order valence-corrected chi connectivity index (χ4v) is 2.50. The van der Waals surface area contributed by atoms with E-state index < -0.39 is 41.2 Å². The molecule has 28 heavy (non-hydrogen) atoms. The average Bonchev–Trinajstić information content (AvgIpc) is 2.58. The van der Waals surface area contributed by atoms with Gasteiger partial charge in [-0.3, -0.25) is 4.98 Å². The Morgan fingerprint density at radius 1 is 0.929 bits per heavy atom. The van der Waals surface area contributed by atoms with Gasteiger partial charge in [0.05, 0.1) is 22.9 Å². The summed E-state index contributed by atoms with van der Waals surface area (Å²) in [5.74, 6) is 0. The third-order valence-electron chi connectivity index (χ3n) is 3.68. The van der Waals surface area contributed by atoms with Gasteiger partial charge < -0.3 is 10.6 Å². The molecule has 2 N–H and O–H groups in total. The maximum Gasteiger partial charge on any atom is 0.418 e. The third-order valence-corrected chi connectivity index (χ3v) is 3.68. The Kier molecular flexibility index (Phi) is 6.20. The summed E-state index contributed by atoms with van der Waals surface area (Å²) < 4.78 is 78.5. The highest BCUT2D eigenvalue weighted by atomic mass is 19.4. The molecule has 1 aromatic carbocycles. The van der Waals surface area contributed by atoms with Gasteiger partial charge in [0.2, 0.25) is 0 Å². The number of urea groups is 1. The molecule has 0 aliphatic rings. The molecular weight excluding hydrogens is 388 g/mol. The first-order valence-electron chi connectivity index (χ1n) is 8.16. The topological polar surface area (TPSA) is 54.0 Å². The molecule has 0 bridgehead atoms. The van der Waals surface area contributed by atoms with Crippen LogP contribution >= 0.6 is 0 Å². The molecule has 10 heteroatoms. The van der Waals surface area contributed by atoms with Crippen LogP contribution in [0.15, 0.2) is 42.6 Å². The number of halogens is 6. The predicted molar refractivity (Wildman–Crippen MR) is 89.3 cm³/mol. The highest BCUT2D eigenvalue weighted by molar-refractivity contribution is 5.75. The summed E-state index contributed by atoms with van der Waals surface area (Å²) >= 11 is 0. The molecule has 2 amide bonds. The van der Waals surface area contributed by atoms with Gasteiger partial charge in [0, 0.05) is 12.2 Å². The maximum atomic E-state index is 13.4. The normalized spacial score (nSPS) is 13.3. The quantitative estimate of drug-likeness (QED) is 0.710. The first kappa shape index (κ1) is 21.5. The second-order valence-corrected chi connectivity index (χ2v) is 6.26. The van der Waals surface area contributed by atoms with Gasteiger partial charge in [0.15, 0.2) is 0 Å². The molecule has 0 saturated carbocycles. The number of hydrogen-bond donors (Lipinski definition) is 2. The lowest BCUT2D eigenvalue weighted by Crippen LogP contribution is -2.42. The summed E-state index contributed by atoms with van der Waals surface area (Å²) in [6.07, 6.45) is -8.24. The molecule has 4 nitrogen and oxygen atoms in total. The van der Waals surface area contributed by atoms with Gasteiger partial charge in [-0.05, 0) is 43.7 Å². The molecule has 2 rings (SSSR count). The predicted octanol–water partition coefficient (Wildman–Crippen LogP) is 4.92. The summed E-state index contributed by atoms with van der Waals surface area (Å²) in [5, 5.41) is 4.83. The van der Waals surface area contributed by atoms with Crippen molar-refractivity contribution in [2.24, 2.45) is 0 Å². The van der Waals surface area contributed by atoms with Gasteiger partial charge in [-0.15, -0.1) is 0 Å². The zero-order valence-electron chi connectivity index (χ0n) is 14.8. The van der Waals surface area contributed by atoms with Crippen molar-refractivity contribution in [3.05, 3.63) is 65.0 Å². The van der Waals surface area contributed by atoms with Crippen LogP contribution < -0.4 is 10.6 Å². The fourth-order valence-electron chi connectivity index (χ4n) is 2.50. The van der Waals surface area contributed by atoms with E-state index in [2.05, 4.69) is 15.6 Å². The SMILES string of the molecule is CC(C)NC(=O)N[C@@H](c1ccc(C(F)(F)F)cc1)c1ncccc1C(F)(F)F. The van der Waals surface area contributed by atoms with Crippen molar-refractivity contribution in [3.8, 4) is 0 Å². The van der Waals surface area contributed by atoms with E-state index in [-0.39, 0.29) is 11.6 Å². The molecule has 0 spiro atoms. The molecule has 1 heterocycles. The highest BCUT2D eigenvalue weighted by Gasteiger charge is 2.37. The Morgan fingerprint density at radius 3 is 2.04 bits per heavy atom. The van der Waals surface area contributed by atoms with Crippen LogP contribution in [0.4, 0.5) is 31.1 Å². The summed E-state index contributed by atoms with van der Waals surface area (Å²) in [4.78, 5) is 15.8. The Bertz CT molecular complexity index is 815. The number of aromatic nitrogens is 1. The highest BCUT2D eigenvalue weighted by Crippen LogP contribution is 2.36. The summed E-state index contributed by atoms with van der Waals surface area (Å²) in [7, 11) is 0. The summed E-state index contributed by atoms with van der Waals surface area (Å²) in [6.45, 7) is 3.29. The lowest BCUT2D eigenvalue weighted by Gasteiger charge is -2.23. The van der Waals surface area contributed by atoms with Crippen LogP contribution in [0.2, 0.25) is 0 Å². The summed E-state index contributed by atoms with van der Waals surface area (Å²) in [6, 6.07) is 2.89. The van der Waals surface area contributed by atoms with Crippen LogP contribution in [-0.4, -0.2) is 17.1 Å². The van der Waals surface area contributed by atoms with Gasteiger partial charge in [-0.1, -0.05) is 12.1 Å². The van der Waals surface area contributed by atoms with Crippen LogP contribution in [0, 0.1) is 0 Å². The molecule has 2 aromatic rings. The van der Waals surface area contributed by atoms with Gasteiger partial charge in [-0.25, -0.2) is 4.79 Å². The molecule has 152 valence electrons. The van der Waals surface area contributed by atoms with Crippen molar-refractivity contribution >= 4 is 6.03 Å². The van der Waals surface area contributed by atoms with E-state index in [1.165, 1.54) is 0 Å². The van der Waals surface area contributed by atoms with E-state index >= 15 is 0 Å². The molecule has 0 aliphatic heterocycles. The van der Waals surface area contributed by atoms with Gasteiger partial charge >= 0.3 is 18.4 Å². The van der Waals surface area contributed by atoms with Gasteiger partial charge in [0.1, 0.15) is 0 Å². The van der Waals surface area contributed by atoms with Crippen molar-refractivity contribution < 1.29 is 31.1 Å². The van der Waals surface area contributed by atoms with Crippen LogP contribution in [0.1, 0.15) is 42.3 Å². The minimum absolute atomic E-state index is 0.0242. The van der Waals surface area contributed by atoms with E-state index in [1.807, 2.05) is 0 Å². The number of benzene rings is 1. The number of nitrogens with one attached hydrogen (secondary N) is 2. The fraction of sp³-hybridized carbons (Fsp3) is 0.333. The number of carbonyl (C=O) groups excluding carboxylic acids is 1. The number of carbonyl (C=O) groups is 1. The van der Waals surface area contributed by atoms with Crippen molar-refractivity contribution in [2.75, 3.05) is 0 Å². The van der Waals surface area contributed by atoms with Gasteiger partial charge in [-0.2, -0.15) is 26.3 Å². The molecular formula is C18H17F6N3O. The smallest absolute Gasteiger partial charge is 0.336 e. The Balaban J connectivity index is 2.51. The molecule has 0 radical (unpaired) electrons. The minimum Gasteiger partial charge on any atom is -0.336 e. The van der Waals surface area contributed by atoms with E-state index in [1.54, 1.807) is 13.8 Å². The second-order valence-electron chi connectivity index (χ2n) is 6.26. The maximum absolute atomic E-state index is 13.4. The average molecular weight is 405 g/mol. The Hall–Kier alpha value is -2.78. The molecule has 0 unspecified atom stereocenters. The van der Waals surface area contributed by atoms with Crippen molar-refractivity contribution in [3.63, 3.8) is 0 Å². The lowest BCUT2D eigenvalue weighted by molar-refractivity contribution is -0.139. The molecule has 0 fully saturated rings. The first-order valence-corrected chi connectivity index (χ1v) is 8.16. The minimum atomic E-state index is -4.76. The monoisotopic (exact) mass is 405 g/mol. The largest absolute Gasteiger partial charge is 0.418 e. The van der Waals surface area contributed by atoms with Crippen LogP contribution in [0.5, 0.6) is 0 Å². The van der Waals surface area contributed by atoms with E-state index in [0.29, 0.717) is 0 Å². The number of amides is 2. The molecule has 1 atom stereocenters. The number of rotatable bonds is 4. The Morgan fingerprint density at radius 2 is 1.54 bits per heavy atom. The Labute approximate surface area is 157 Å². The van der Waals surface area contributed by atoms with Crippen molar-refractivity contribution in [1.29, 1.82) is 0 Å². The van der Waals surface area contributed by atoms with Crippen LogP contribution in [0.3, 0.4) is 0 Å². The third kappa shape index (κ3) is 5.37. The zero-order valence-corrected chi connectivity index (χ0v) is 14.8.